The van der Waals surface area contributed by atoms with Crippen molar-refractivity contribution in [3.63, 3.8) is 0 Å². The van der Waals surface area contributed by atoms with Crippen molar-refractivity contribution in [2.24, 2.45) is 29.6 Å². The maximum absolute atomic E-state index is 2.70. The van der Waals surface area contributed by atoms with Crippen molar-refractivity contribution in [2.45, 2.75) is 32.1 Å². The summed E-state index contributed by atoms with van der Waals surface area (Å²) in [5.74, 6) is 4.47. The average molecular weight is 708 g/mol. The van der Waals surface area contributed by atoms with Crippen LogP contribution >= 0.6 is 0 Å². The third-order valence-electron chi connectivity index (χ3n) is 13.4. The summed E-state index contributed by atoms with van der Waals surface area (Å²) >= 11 is 0. The largest absolute Gasteiger partial charge is 0.311 e. The molecule has 0 heterocycles. The smallest absolute Gasteiger partial charge is 0.0462 e. The first-order valence-corrected chi connectivity index (χ1v) is 20.3. The van der Waals surface area contributed by atoms with Crippen LogP contribution in [-0.4, -0.2) is 0 Å². The van der Waals surface area contributed by atoms with Crippen molar-refractivity contribution in [1.82, 2.24) is 0 Å². The molecule has 4 aliphatic rings. The van der Waals surface area contributed by atoms with Crippen LogP contribution in [0.2, 0.25) is 0 Å². The van der Waals surface area contributed by atoms with Gasteiger partial charge in [-0.15, -0.1) is 0 Å². The van der Waals surface area contributed by atoms with Gasteiger partial charge in [0.25, 0.3) is 0 Å². The van der Waals surface area contributed by atoms with E-state index in [1.54, 1.807) is 16.7 Å². The van der Waals surface area contributed by atoms with Crippen LogP contribution < -0.4 is 4.90 Å². The third kappa shape index (κ3) is 5.43. The van der Waals surface area contributed by atoms with Gasteiger partial charge in [0.05, 0.1) is 0 Å². The second-order valence-electron chi connectivity index (χ2n) is 16.6. The van der Waals surface area contributed by atoms with Gasteiger partial charge in [0.2, 0.25) is 0 Å². The molecule has 1 heteroatoms. The van der Waals surface area contributed by atoms with E-state index in [9.17, 15) is 0 Å². The second-order valence-corrected chi connectivity index (χ2v) is 16.6. The average Bonchev–Trinajstić information content (AvgIpc) is 3.72. The standard InChI is InChI=1S/C54H45N/c1-35-31-36-33-49-50(32-35)54(51(49)34-36)53-47-16-9-8-15-46(47)52-45(17-10-18-48(52)53)41-25-23-39(24-26-41)37-19-21-38(22-20-37)40-27-29-44(30-28-40)55(42-11-4-2-5-12-42)43-13-6-3-7-14-43/h2-30,32,35-36,49,51,53-54H,31,33-34H2,1H3. The summed E-state index contributed by atoms with van der Waals surface area (Å²) in [6.45, 7) is 2.45. The van der Waals surface area contributed by atoms with Crippen molar-refractivity contribution in [3.8, 4) is 44.5 Å². The van der Waals surface area contributed by atoms with E-state index in [2.05, 4.69) is 194 Å². The predicted octanol–water partition coefficient (Wildman–Crippen LogP) is 14.5. The monoisotopic (exact) mass is 707 g/mol. The van der Waals surface area contributed by atoms with Crippen LogP contribution in [0.25, 0.3) is 44.5 Å². The minimum absolute atomic E-state index is 0.475. The third-order valence-corrected chi connectivity index (χ3v) is 13.4. The molecule has 7 aromatic carbocycles. The van der Waals surface area contributed by atoms with Gasteiger partial charge in [0.1, 0.15) is 0 Å². The number of anilines is 3. The number of rotatable bonds is 7. The van der Waals surface area contributed by atoms with Crippen LogP contribution in [0.3, 0.4) is 0 Å². The summed E-state index contributed by atoms with van der Waals surface area (Å²) in [5, 5.41) is 0. The van der Waals surface area contributed by atoms with Crippen LogP contribution in [0.5, 0.6) is 0 Å². The Kier molecular flexibility index (Phi) is 7.76. The maximum atomic E-state index is 2.70. The number of hydrogen-bond donors (Lipinski definition) is 0. The fourth-order valence-corrected chi connectivity index (χ4v) is 11.1. The van der Waals surface area contributed by atoms with Crippen molar-refractivity contribution in [1.29, 1.82) is 0 Å². The Morgan fingerprint density at radius 1 is 0.436 bits per heavy atom. The molecule has 1 nitrogen and oxygen atoms in total. The molecule has 0 saturated heterocycles. The molecule has 2 saturated carbocycles. The molecule has 6 atom stereocenters. The molecule has 11 rings (SSSR count). The molecule has 7 aromatic rings. The number of hydrogen-bond acceptors (Lipinski definition) is 1. The number of nitrogens with zero attached hydrogens (tertiary/aromatic N) is 1. The zero-order chi connectivity index (χ0) is 36.5. The van der Waals surface area contributed by atoms with E-state index >= 15 is 0 Å². The lowest BCUT2D eigenvalue weighted by atomic mass is 9.55. The summed E-state index contributed by atoms with van der Waals surface area (Å²) in [6, 6.07) is 64.9. The molecular formula is C54H45N. The van der Waals surface area contributed by atoms with E-state index in [1.807, 2.05) is 0 Å². The first-order chi connectivity index (χ1) is 27.2. The molecular weight excluding hydrogens is 663 g/mol. The van der Waals surface area contributed by atoms with Gasteiger partial charge >= 0.3 is 0 Å². The highest BCUT2D eigenvalue weighted by Gasteiger charge is 2.56. The molecule has 0 N–H and O–H groups in total. The van der Waals surface area contributed by atoms with E-state index in [-0.39, 0.29) is 0 Å². The van der Waals surface area contributed by atoms with Crippen molar-refractivity contribution >= 4 is 17.1 Å². The van der Waals surface area contributed by atoms with Gasteiger partial charge in [-0.1, -0.05) is 158 Å². The zero-order valence-electron chi connectivity index (χ0n) is 31.4. The van der Waals surface area contributed by atoms with Gasteiger partial charge in [-0.2, -0.15) is 0 Å². The Balaban J connectivity index is 0.865. The first kappa shape index (κ1) is 32.5. The molecule has 2 bridgehead atoms. The molecule has 0 spiro atoms. The summed E-state index contributed by atoms with van der Waals surface area (Å²) < 4.78 is 0. The van der Waals surface area contributed by atoms with Gasteiger partial charge in [0.15, 0.2) is 0 Å². The predicted molar refractivity (Wildman–Crippen MR) is 230 cm³/mol. The quantitative estimate of drug-likeness (QED) is 0.149. The fraction of sp³-hybridized carbons (Fsp3) is 0.185. The van der Waals surface area contributed by atoms with E-state index in [1.165, 1.54) is 63.8 Å². The van der Waals surface area contributed by atoms with Crippen LogP contribution in [0.1, 0.15) is 43.2 Å². The summed E-state index contributed by atoms with van der Waals surface area (Å²) in [5.41, 5.74) is 18.8. The summed E-state index contributed by atoms with van der Waals surface area (Å²) in [4.78, 5) is 2.30. The molecule has 0 radical (unpaired) electrons. The molecule has 2 fully saturated rings. The molecule has 4 aliphatic carbocycles. The van der Waals surface area contributed by atoms with Crippen LogP contribution in [0, 0.1) is 29.6 Å². The SMILES string of the molecule is CC1C=C2C3CC(C1)CC3C2C1c2ccccc2-c2c(-c3ccc(-c4ccc(-c5ccc(N(c6ccccc6)c6ccccc6)cc5)cc4)cc3)cccc21. The van der Waals surface area contributed by atoms with Gasteiger partial charge in [-0.25, -0.2) is 0 Å². The Bertz CT molecular complexity index is 2490. The molecule has 0 aromatic heterocycles. The van der Waals surface area contributed by atoms with E-state index < -0.39 is 0 Å². The summed E-state index contributed by atoms with van der Waals surface area (Å²) in [7, 11) is 0. The number of allylic oxidation sites excluding steroid dienone is 2. The minimum atomic E-state index is 0.475. The lowest BCUT2D eigenvalue weighted by Crippen LogP contribution is -2.40. The van der Waals surface area contributed by atoms with Crippen molar-refractivity contribution < 1.29 is 0 Å². The minimum Gasteiger partial charge on any atom is -0.311 e. The topological polar surface area (TPSA) is 3.24 Å². The normalized spacial score (nSPS) is 22.9. The fourth-order valence-electron chi connectivity index (χ4n) is 11.1. The Morgan fingerprint density at radius 3 is 1.58 bits per heavy atom. The van der Waals surface area contributed by atoms with Gasteiger partial charge < -0.3 is 4.90 Å². The lowest BCUT2D eigenvalue weighted by molar-refractivity contribution is 0.182. The highest BCUT2D eigenvalue weighted by molar-refractivity contribution is 5.92. The molecule has 55 heavy (non-hydrogen) atoms. The number of benzene rings is 7. The number of para-hydroxylation sites is 2. The first-order valence-electron chi connectivity index (χ1n) is 20.3. The number of fused-ring (bicyclic) bond motifs is 4. The summed E-state index contributed by atoms with van der Waals surface area (Å²) in [6.07, 6.45) is 6.96. The van der Waals surface area contributed by atoms with Crippen molar-refractivity contribution in [3.05, 3.63) is 199 Å². The molecule has 6 unspecified atom stereocenters. The van der Waals surface area contributed by atoms with Gasteiger partial charge in [-0.05, 0) is 141 Å². The maximum Gasteiger partial charge on any atom is 0.0462 e. The van der Waals surface area contributed by atoms with E-state index in [0.717, 1.165) is 34.8 Å². The molecule has 0 aliphatic heterocycles. The highest BCUT2D eigenvalue weighted by Crippen LogP contribution is 2.67. The van der Waals surface area contributed by atoms with Crippen LogP contribution in [0.4, 0.5) is 17.1 Å². The van der Waals surface area contributed by atoms with E-state index in [4.69, 9.17) is 0 Å². The molecule has 0 amide bonds. The van der Waals surface area contributed by atoms with Gasteiger partial charge in [-0.3, -0.25) is 0 Å². The van der Waals surface area contributed by atoms with Crippen molar-refractivity contribution in [2.75, 3.05) is 4.90 Å². The second kappa shape index (κ2) is 13.1. The Labute approximate surface area is 325 Å². The Hall–Kier alpha value is -5.92. The van der Waals surface area contributed by atoms with Crippen LogP contribution in [-0.2, 0) is 0 Å². The van der Waals surface area contributed by atoms with Gasteiger partial charge in [0, 0.05) is 23.0 Å². The Morgan fingerprint density at radius 2 is 0.945 bits per heavy atom. The zero-order valence-corrected chi connectivity index (χ0v) is 31.4. The lowest BCUT2D eigenvalue weighted by Gasteiger charge is -2.48. The molecule has 266 valence electrons. The van der Waals surface area contributed by atoms with Crippen LogP contribution in [0.15, 0.2) is 188 Å². The highest BCUT2D eigenvalue weighted by atomic mass is 15.1. The van der Waals surface area contributed by atoms with E-state index in [0.29, 0.717) is 17.8 Å².